The molecule has 1 aliphatic heterocycles. The number of rotatable bonds is 2. The summed E-state index contributed by atoms with van der Waals surface area (Å²) in [5.74, 6) is 0. The van der Waals surface area contributed by atoms with Crippen LogP contribution in [0.2, 0.25) is 0 Å². The van der Waals surface area contributed by atoms with E-state index in [-0.39, 0.29) is 6.09 Å². The minimum Gasteiger partial charge on any atom is -0.444 e. The molecule has 4 rings (SSSR count). The van der Waals surface area contributed by atoms with Gasteiger partial charge in [0.1, 0.15) is 5.60 Å². The minimum absolute atomic E-state index is 0.242. The molecule has 5 nitrogen and oxygen atoms in total. The number of hydrogen-bond acceptors (Lipinski definition) is 3. The number of ether oxygens (including phenoxy) is 1. The van der Waals surface area contributed by atoms with Crippen molar-refractivity contribution in [2.45, 2.75) is 45.6 Å². The van der Waals surface area contributed by atoms with E-state index in [2.05, 4.69) is 41.1 Å². The molecule has 1 aliphatic carbocycles. The fraction of sp³-hybridized carbons (Fsp3) is 0.375. The van der Waals surface area contributed by atoms with E-state index in [0.717, 1.165) is 30.6 Å². The first-order valence-corrected chi connectivity index (χ1v) is 10.3. The van der Waals surface area contributed by atoms with E-state index in [4.69, 9.17) is 10.5 Å². The average Bonchev–Trinajstić information content (AvgIpc) is 3.07. The van der Waals surface area contributed by atoms with E-state index in [1.54, 1.807) is 4.90 Å². The molecule has 0 saturated heterocycles. The van der Waals surface area contributed by atoms with E-state index in [9.17, 15) is 4.79 Å². The smallest absolute Gasteiger partial charge is 0.410 e. The van der Waals surface area contributed by atoms with Gasteiger partial charge in [-0.15, -0.1) is 0 Å². The summed E-state index contributed by atoms with van der Waals surface area (Å²) >= 11 is 0. The average molecular weight is 392 g/mol. The monoisotopic (exact) mass is 391 g/mol. The molecule has 1 aromatic heterocycles. The SMILES string of the molecule is CC(C)(C)OC(=O)N1CC=C(c2cn(-c3ccc(N)cc3)c3c2=CCCC=3)CC1. The largest absolute Gasteiger partial charge is 0.444 e. The van der Waals surface area contributed by atoms with Gasteiger partial charge in [-0.1, -0.05) is 18.2 Å². The number of amides is 1. The summed E-state index contributed by atoms with van der Waals surface area (Å²) in [5, 5.41) is 2.54. The second-order valence-electron chi connectivity index (χ2n) is 8.69. The molecule has 2 aromatic rings. The van der Waals surface area contributed by atoms with E-state index in [1.165, 1.54) is 21.7 Å². The third-order valence-corrected chi connectivity index (χ3v) is 5.31. The van der Waals surface area contributed by atoms with E-state index in [0.29, 0.717) is 13.1 Å². The van der Waals surface area contributed by atoms with Crippen LogP contribution < -0.4 is 16.3 Å². The zero-order valence-corrected chi connectivity index (χ0v) is 17.4. The quantitative estimate of drug-likeness (QED) is 0.798. The zero-order valence-electron chi connectivity index (χ0n) is 17.4. The molecule has 152 valence electrons. The molecule has 2 aliphatic rings. The van der Waals surface area contributed by atoms with Crippen LogP contribution in [0.4, 0.5) is 10.5 Å². The number of carbonyl (C=O) groups is 1. The highest BCUT2D eigenvalue weighted by Crippen LogP contribution is 2.23. The lowest BCUT2D eigenvalue weighted by molar-refractivity contribution is 0.0270. The van der Waals surface area contributed by atoms with Gasteiger partial charge in [0.25, 0.3) is 0 Å². The lowest BCUT2D eigenvalue weighted by Gasteiger charge is -2.29. The number of anilines is 1. The topological polar surface area (TPSA) is 60.5 Å². The fourth-order valence-electron chi connectivity index (χ4n) is 3.92. The molecule has 0 unspecified atom stereocenters. The highest BCUT2D eigenvalue weighted by atomic mass is 16.6. The van der Waals surface area contributed by atoms with Gasteiger partial charge in [-0.2, -0.15) is 0 Å². The molecule has 2 N–H and O–H groups in total. The maximum Gasteiger partial charge on any atom is 0.410 e. The Morgan fingerprint density at radius 3 is 2.45 bits per heavy atom. The lowest BCUT2D eigenvalue weighted by atomic mass is 9.99. The fourth-order valence-corrected chi connectivity index (χ4v) is 3.92. The van der Waals surface area contributed by atoms with Crippen LogP contribution in [0.3, 0.4) is 0 Å². The predicted octanol–water partition coefficient (Wildman–Crippen LogP) is 3.44. The normalized spacial score (nSPS) is 16.4. The zero-order chi connectivity index (χ0) is 20.6. The Bertz CT molecular complexity index is 1070. The Kier molecular flexibility index (Phi) is 4.99. The van der Waals surface area contributed by atoms with Crippen LogP contribution in [0.5, 0.6) is 0 Å². The molecule has 0 saturated carbocycles. The number of carbonyl (C=O) groups excluding carboxylic acids is 1. The Morgan fingerprint density at radius 1 is 1.07 bits per heavy atom. The summed E-state index contributed by atoms with van der Waals surface area (Å²) in [6, 6.07) is 7.99. The number of hydrogen-bond donors (Lipinski definition) is 1. The van der Waals surface area contributed by atoms with Crippen LogP contribution in [0.15, 0.2) is 36.5 Å². The van der Waals surface area contributed by atoms with Gasteiger partial charge in [-0.25, -0.2) is 4.79 Å². The standard InChI is InChI=1S/C24H29N3O2/c1-24(2,3)29-23(28)26-14-12-17(13-15-26)21-16-27(19-10-8-18(25)9-11-19)22-7-5-4-6-20(21)22/h6-12,16H,4-5,13-15,25H2,1-3H3. The number of nitrogen functional groups attached to an aromatic ring is 1. The van der Waals surface area contributed by atoms with Crippen LogP contribution >= 0.6 is 0 Å². The van der Waals surface area contributed by atoms with Crippen LogP contribution in [0.1, 0.15) is 45.6 Å². The van der Waals surface area contributed by atoms with Gasteiger partial charge in [0.2, 0.25) is 0 Å². The van der Waals surface area contributed by atoms with Crippen LogP contribution in [-0.4, -0.2) is 34.3 Å². The molecule has 1 aromatic carbocycles. The summed E-state index contributed by atoms with van der Waals surface area (Å²) < 4.78 is 7.76. The highest BCUT2D eigenvalue weighted by molar-refractivity contribution is 5.73. The first-order valence-electron chi connectivity index (χ1n) is 10.3. The van der Waals surface area contributed by atoms with Crippen molar-refractivity contribution < 1.29 is 9.53 Å². The third-order valence-electron chi connectivity index (χ3n) is 5.31. The van der Waals surface area contributed by atoms with Crippen molar-refractivity contribution in [2.24, 2.45) is 0 Å². The Hall–Kier alpha value is -2.95. The maximum atomic E-state index is 12.4. The molecular weight excluding hydrogens is 362 g/mol. The molecule has 0 radical (unpaired) electrons. The first kappa shape index (κ1) is 19.4. The third kappa shape index (κ3) is 4.09. The Morgan fingerprint density at radius 2 is 1.79 bits per heavy atom. The van der Waals surface area contributed by atoms with Crippen molar-refractivity contribution >= 4 is 29.5 Å². The first-order chi connectivity index (χ1) is 13.8. The molecule has 0 fully saturated rings. The van der Waals surface area contributed by atoms with Crippen molar-refractivity contribution in [3.8, 4) is 5.69 Å². The summed E-state index contributed by atoms with van der Waals surface area (Å²) in [6.45, 7) is 6.94. The van der Waals surface area contributed by atoms with Gasteiger partial charge in [0.05, 0.1) is 0 Å². The summed E-state index contributed by atoms with van der Waals surface area (Å²) in [4.78, 5) is 14.1. The summed E-state index contributed by atoms with van der Waals surface area (Å²) in [7, 11) is 0. The molecule has 0 bridgehead atoms. The van der Waals surface area contributed by atoms with Gasteiger partial charge >= 0.3 is 6.09 Å². The summed E-state index contributed by atoms with van der Waals surface area (Å²) in [5.41, 5.74) is 9.83. The van der Waals surface area contributed by atoms with Gasteiger partial charge in [-0.3, -0.25) is 0 Å². The van der Waals surface area contributed by atoms with Gasteiger partial charge in [0.15, 0.2) is 0 Å². The summed E-state index contributed by atoms with van der Waals surface area (Å²) in [6.07, 6.45) is 11.7. The van der Waals surface area contributed by atoms with E-state index in [1.807, 2.05) is 32.9 Å². The molecule has 0 atom stereocenters. The number of fused-ring (bicyclic) bond motifs is 1. The van der Waals surface area contributed by atoms with Crippen LogP contribution in [-0.2, 0) is 4.74 Å². The number of aromatic nitrogens is 1. The minimum atomic E-state index is -0.471. The molecule has 0 spiro atoms. The van der Waals surface area contributed by atoms with Crippen LogP contribution in [0, 0.1) is 0 Å². The van der Waals surface area contributed by atoms with Crippen molar-refractivity contribution in [1.82, 2.24) is 9.47 Å². The van der Waals surface area contributed by atoms with Crippen LogP contribution in [0.25, 0.3) is 23.4 Å². The second-order valence-corrected chi connectivity index (χ2v) is 8.69. The molecule has 1 amide bonds. The van der Waals surface area contributed by atoms with Crippen molar-refractivity contribution in [3.63, 3.8) is 0 Å². The molecular formula is C24H29N3O2. The highest BCUT2D eigenvalue weighted by Gasteiger charge is 2.24. The maximum absolute atomic E-state index is 12.4. The van der Waals surface area contributed by atoms with Crippen molar-refractivity contribution in [2.75, 3.05) is 18.8 Å². The lowest BCUT2D eigenvalue weighted by Crippen LogP contribution is -2.39. The Balaban J connectivity index is 1.65. The van der Waals surface area contributed by atoms with Gasteiger partial charge < -0.3 is 19.9 Å². The number of benzene rings is 1. The van der Waals surface area contributed by atoms with E-state index >= 15 is 0 Å². The van der Waals surface area contributed by atoms with Crippen molar-refractivity contribution in [1.29, 1.82) is 0 Å². The predicted molar refractivity (Wildman–Crippen MR) is 118 cm³/mol. The number of nitrogens with zero attached hydrogens (tertiary/aromatic N) is 2. The molecule has 2 heterocycles. The van der Waals surface area contributed by atoms with Gasteiger partial charge in [-0.05, 0) is 69.9 Å². The van der Waals surface area contributed by atoms with E-state index < -0.39 is 5.60 Å². The number of nitrogens with two attached hydrogens (primary N) is 1. The Labute approximate surface area is 171 Å². The van der Waals surface area contributed by atoms with Gasteiger partial charge in [0, 0.05) is 46.8 Å². The second kappa shape index (κ2) is 7.47. The van der Waals surface area contributed by atoms with Crippen molar-refractivity contribution in [3.05, 3.63) is 52.7 Å². The molecule has 5 heteroatoms. The molecule has 29 heavy (non-hydrogen) atoms.